The summed E-state index contributed by atoms with van der Waals surface area (Å²) in [6.07, 6.45) is 1.48. The van der Waals surface area contributed by atoms with Crippen LogP contribution in [-0.4, -0.2) is 49.0 Å². The van der Waals surface area contributed by atoms with E-state index in [1.54, 1.807) is 36.1 Å². The summed E-state index contributed by atoms with van der Waals surface area (Å²) in [5.41, 5.74) is 5.74. The van der Waals surface area contributed by atoms with Gasteiger partial charge in [0.15, 0.2) is 6.61 Å². The van der Waals surface area contributed by atoms with Crippen LogP contribution in [0.25, 0.3) is 0 Å². The lowest BCUT2D eigenvalue weighted by Crippen LogP contribution is -2.45. The predicted molar refractivity (Wildman–Crippen MR) is 86.4 cm³/mol. The molecule has 1 aliphatic rings. The number of esters is 1. The zero-order chi connectivity index (χ0) is 17.5. The number of hydrogen-bond donors (Lipinski definition) is 1. The Morgan fingerprint density at radius 3 is 2.58 bits per heavy atom. The van der Waals surface area contributed by atoms with Gasteiger partial charge in [-0.05, 0) is 44.0 Å². The lowest BCUT2D eigenvalue weighted by molar-refractivity contribution is -0.136. The zero-order valence-corrected chi connectivity index (χ0v) is 13.7. The van der Waals surface area contributed by atoms with Crippen LogP contribution >= 0.6 is 0 Å². The highest BCUT2D eigenvalue weighted by Crippen LogP contribution is 2.17. The molecule has 1 aromatic rings. The number of carbonyl (C=O) groups excluding carboxylic acids is 3. The van der Waals surface area contributed by atoms with E-state index in [-0.39, 0.29) is 24.3 Å². The predicted octanol–water partition coefficient (Wildman–Crippen LogP) is 0.966. The van der Waals surface area contributed by atoms with Crippen molar-refractivity contribution < 1.29 is 23.9 Å². The first kappa shape index (κ1) is 17.8. The molecular weight excluding hydrogens is 312 g/mol. The normalized spacial score (nSPS) is 17.2. The first-order valence-electron chi connectivity index (χ1n) is 7.98. The standard InChI is InChI=1S/C17H22N2O5/c1-2-23-17(22)12-5-7-14(8-6-12)24-11-15(20)19-9-3-4-13(10-19)16(18)21/h5-8,13H,2-4,9-11H2,1H3,(H2,18,21)/t13-/m0/s1. The minimum atomic E-state index is -0.397. The molecule has 0 spiro atoms. The van der Waals surface area contributed by atoms with E-state index in [4.69, 9.17) is 15.2 Å². The molecule has 24 heavy (non-hydrogen) atoms. The second-order valence-electron chi connectivity index (χ2n) is 5.61. The van der Waals surface area contributed by atoms with Crippen LogP contribution in [0.4, 0.5) is 0 Å². The number of piperidine rings is 1. The number of ether oxygens (including phenoxy) is 2. The van der Waals surface area contributed by atoms with Crippen LogP contribution in [-0.2, 0) is 14.3 Å². The van der Waals surface area contributed by atoms with Gasteiger partial charge in [-0.1, -0.05) is 0 Å². The van der Waals surface area contributed by atoms with Crippen LogP contribution in [0.5, 0.6) is 5.75 Å². The molecule has 2 rings (SSSR count). The Morgan fingerprint density at radius 1 is 1.25 bits per heavy atom. The number of nitrogens with zero attached hydrogens (tertiary/aromatic N) is 1. The van der Waals surface area contributed by atoms with E-state index in [0.717, 1.165) is 12.8 Å². The molecule has 1 heterocycles. The number of benzene rings is 1. The van der Waals surface area contributed by atoms with E-state index in [0.29, 0.717) is 31.0 Å². The van der Waals surface area contributed by atoms with Crippen molar-refractivity contribution in [2.24, 2.45) is 11.7 Å². The summed E-state index contributed by atoms with van der Waals surface area (Å²) in [4.78, 5) is 36.6. The van der Waals surface area contributed by atoms with Crippen LogP contribution in [0, 0.1) is 5.92 Å². The van der Waals surface area contributed by atoms with E-state index in [9.17, 15) is 14.4 Å². The van der Waals surface area contributed by atoms with Crippen molar-refractivity contribution in [2.75, 3.05) is 26.3 Å². The van der Waals surface area contributed by atoms with Crippen LogP contribution < -0.4 is 10.5 Å². The highest BCUT2D eigenvalue weighted by Gasteiger charge is 2.27. The summed E-state index contributed by atoms with van der Waals surface area (Å²) in [7, 11) is 0. The maximum Gasteiger partial charge on any atom is 0.338 e. The van der Waals surface area contributed by atoms with Gasteiger partial charge in [-0.3, -0.25) is 9.59 Å². The fourth-order valence-electron chi connectivity index (χ4n) is 2.57. The summed E-state index contributed by atoms with van der Waals surface area (Å²) in [6, 6.07) is 6.40. The highest BCUT2D eigenvalue weighted by molar-refractivity contribution is 5.89. The Balaban J connectivity index is 1.85. The molecule has 7 heteroatoms. The topological polar surface area (TPSA) is 98.9 Å². The van der Waals surface area contributed by atoms with Gasteiger partial charge in [0.1, 0.15) is 5.75 Å². The second kappa shape index (κ2) is 8.33. The maximum atomic E-state index is 12.2. The van der Waals surface area contributed by atoms with Gasteiger partial charge in [0.25, 0.3) is 5.91 Å². The van der Waals surface area contributed by atoms with Crippen molar-refractivity contribution in [2.45, 2.75) is 19.8 Å². The van der Waals surface area contributed by atoms with Crippen LogP contribution in [0.3, 0.4) is 0 Å². The summed E-state index contributed by atoms with van der Waals surface area (Å²) < 4.78 is 10.3. The number of amides is 2. The number of likely N-dealkylation sites (tertiary alicyclic amines) is 1. The molecule has 0 bridgehead atoms. The largest absolute Gasteiger partial charge is 0.484 e. The molecule has 2 amide bonds. The van der Waals surface area contributed by atoms with Gasteiger partial charge < -0.3 is 20.1 Å². The number of carbonyl (C=O) groups is 3. The summed E-state index contributed by atoms with van der Waals surface area (Å²) >= 11 is 0. The summed E-state index contributed by atoms with van der Waals surface area (Å²) in [5, 5.41) is 0. The van der Waals surface area contributed by atoms with Gasteiger partial charge >= 0.3 is 5.97 Å². The van der Waals surface area contributed by atoms with Crippen molar-refractivity contribution in [3.05, 3.63) is 29.8 Å². The van der Waals surface area contributed by atoms with Crippen LogP contribution in [0.1, 0.15) is 30.1 Å². The Bertz CT molecular complexity index is 600. The zero-order valence-electron chi connectivity index (χ0n) is 13.7. The van der Waals surface area contributed by atoms with Gasteiger partial charge in [0.05, 0.1) is 18.1 Å². The van der Waals surface area contributed by atoms with Gasteiger partial charge in [-0.15, -0.1) is 0 Å². The van der Waals surface area contributed by atoms with Crippen LogP contribution in [0.2, 0.25) is 0 Å². The SMILES string of the molecule is CCOC(=O)c1ccc(OCC(=O)N2CCC[C@H](C(N)=O)C2)cc1. The molecule has 1 saturated heterocycles. The van der Waals surface area contributed by atoms with Crippen LogP contribution in [0.15, 0.2) is 24.3 Å². The lowest BCUT2D eigenvalue weighted by Gasteiger charge is -2.31. The van der Waals surface area contributed by atoms with E-state index in [2.05, 4.69) is 0 Å². The quantitative estimate of drug-likeness (QED) is 0.782. The smallest absolute Gasteiger partial charge is 0.338 e. The van der Waals surface area contributed by atoms with Gasteiger partial charge in [-0.2, -0.15) is 0 Å². The third-order valence-corrected chi connectivity index (χ3v) is 3.90. The second-order valence-corrected chi connectivity index (χ2v) is 5.61. The van der Waals surface area contributed by atoms with Crippen molar-refractivity contribution in [3.63, 3.8) is 0 Å². The van der Waals surface area contributed by atoms with Crippen molar-refractivity contribution >= 4 is 17.8 Å². The molecule has 0 aromatic heterocycles. The first-order valence-corrected chi connectivity index (χ1v) is 7.98. The van der Waals surface area contributed by atoms with Crippen molar-refractivity contribution in [1.29, 1.82) is 0 Å². The van der Waals surface area contributed by atoms with E-state index >= 15 is 0 Å². The minimum Gasteiger partial charge on any atom is -0.484 e. The van der Waals surface area contributed by atoms with E-state index < -0.39 is 5.97 Å². The maximum absolute atomic E-state index is 12.2. The molecule has 0 unspecified atom stereocenters. The van der Waals surface area contributed by atoms with Gasteiger partial charge in [0.2, 0.25) is 5.91 Å². The third kappa shape index (κ3) is 4.71. The molecule has 7 nitrogen and oxygen atoms in total. The molecule has 1 aromatic carbocycles. The minimum absolute atomic E-state index is 0.121. The van der Waals surface area contributed by atoms with Gasteiger partial charge in [-0.25, -0.2) is 4.79 Å². The molecule has 0 aliphatic carbocycles. The molecule has 1 fully saturated rings. The molecule has 2 N–H and O–H groups in total. The molecule has 130 valence electrons. The Labute approximate surface area is 140 Å². The van der Waals surface area contributed by atoms with Crippen molar-refractivity contribution in [1.82, 2.24) is 4.90 Å². The number of hydrogen-bond acceptors (Lipinski definition) is 5. The first-order chi connectivity index (χ1) is 11.5. The molecule has 1 aliphatic heterocycles. The fraction of sp³-hybridized carbons (Fsp3) is 0.471. The van der Waals surface area contributed by atoms with E-state index in [1.807, 2.05) is 0 Å². The average Bonchev–Trinajstić information content (AvgIpc) is 2.60. The number of rotatable bonds is 6. The highest BCUT2D eigenvalue weighted by atomic mass is 16.5. The molecule has 0 radical (unpaired) electrons. The monoisotopic (exact) mass is 334 g/mol. The Hall–Kier alpha value is -2.57. The van der Waals surface area contributed by atoms with Crippen molar-refractivity contribution in [3.8, 4) is 5.75 Å². The third-order valence-electron chi connectivity index (χ3n) is 3.90. The molecule has 0 saturated carbocycles. The number of primary amides is 1. The Morgan fingerprint density at radius 2 is 1.96 bits per heavy atom. The Kier molecular flexibility index (Phi) is 6.17. The van der Waals surface area contributed by atoms with Gasteiger partial charge in [0, 0.05) is 13.1 Å². The van der Waals surface area contributed by atoms with E-state index in [1.165, 1.54) is 0 Å². The summed E-state index contributed by atoms with van der Waals surface area (Å²) in [6.45, 7) is 2.88. The lowest BCUT2D eigenvalue weighted by atomic mass is 9.97. The molecular formula is C17H22N2O5. The average molecular weight is 334 g/mol. The number of nitrogens with two attached hydrogens (primary N) is 1. The fourth-order valence-corrected chi connectivity index (χ4v) is 2.57. The summed E-state index contributed by atoms with van der Waals surface area (Å²) in [5.74, 6) is -0.754. The molecule has 1 atom stereocenters.